The average molecular weight is 450 g/mol. The first-order chi connectivity index (χ1) is 17.5. The second-order valence-electron chi connectivity index (χ2n) is 10.4. The van der Waals surface area contributed by atoms with Gasteiger partial charge in [0.05, 0.1) is 12.3 Å². The highest BCUT2D eigenvalue weighted by Crippen LogP contribution is 2.43. The van der Waals surface area contributed by atoms with Crippen molar-refractivity contribution in [2.24, 2.45) is 7.05 Å². The predicted octanol–water partition coefficient (Wildman–Crippen LogP) is 8.02. The molecule has 2 fully saturated rings. The van der Waals surface area contributed by atoms with Gasteiger partial charge >= 0.3 is 0 Å². The molecule has 2 heterocycles. The highest BCUT2D eigenvalue weighted by molar-refractivity contribution is 5.96. The Kier molecular flexibility index (Phi) is 5.10. The summed E-state index contributed by atoms with van der Waals surface area (Å²) in [6.07, 6.45) is 14.3. The highest BCUT2D eigenvalue weighted by atomic mass is 14.9. The molecule has 0 unspecified atom stereocenters. The van der Waals surface area contributed by atoms with E-state index in [-0.39, 0.29) is 12.2 Å². The molecule has 0 atom stereocenters. The van der Waals surface area contributed by atoms with E-state index in [1.54, 1.807) is 6.20 Å². The smallest absolute Gasteiger partial charge is 0.220 e. The van der Waals surface area contributed by atoms with Gasteiger partial charge in [0.2, 0.25) is 5.69 Å². The maximum Gasteiger partial charge on any atom is 0.220 e. The quantitative estimate of drug-likeness (QED) is 0.288. The van der Waals surface area contributed by atoms with E-state index in [9.17, 15) is 0 Å². The summed E-state index contributed by atoms with van der Waals surface area (Å²) in [5.74, 6) is 1.29. The minimum absolute atomic E-state index is 0.258. The van der Waals surface area contributed by atoms with Crippen LogP contribution < -0.4 is 4.57 Å². The maximum atomic E-state index is 8.87. The molecule has 0 radical (unpaired) electrons. The topological polar surface area (TPSA) is 16.8 Å². The highest BCUT2D eigenvalue weighted by Gasteiger charge is 2.27. The number of fused-ring (bicyclic) bond motifs is 1. The third kappa shape index (κ3) is 3.83. The van der Waals surface area contributed by atoms with E-state index in [0.29, 0.717) is 11.8 Å². The molecule has 2 heteroatoms. The van der Waals surface area contributed by atoms with Gasteiger partial charge in [-0.15, -0.1) is 0 Å². The fourth-order valence-electron chi connectivity index (χ4n) is 6.44. The first kappa shape index (κ1) is 19.3. The second kappa shape index (κ2) is 8.98. The van der Waals surface area contributed by atoms with Crippen LogP contribution in [0.1, 0.15) is 82.6 Å². The number of pyridine rings is 2. The lowest BCUT2D eigenvalue weighted by Crippen LogP contribution is -2.31. The Morgan fingerprint density at radius 3 is 2.41 bits per heavy atom. The molecule has 0 aliphatic heterocycles. The maximum absolute atomic E-state index is 8.87. The van der Waals surface area contributed by atoms with Gasteiger partial charge in [-0.05, 0) is 96.3 Å². The van der Waals surface area contributed by atoms with Crippen LogP contribution in [-0.2, 0) is 7.05 Å². The Balaban J connectivity index is 1.61. The zero-order chi connectivity index (χ0) is 24.8. The lowest BCUT2D eigenvalue weighted by atomic mass is 9.83. The summed E-state index contributed by atoms with van der Waals surface area (Å²) in [5.41, 5.74) is 8.74. The summed E-state index contributed by atoms with van der Waals surface area (Å²) in [7, 11) is 1.96. The summed E-state index contributed by atoms with van der Waals surface area (Å²) >= 11 is 0. The van der Waals surface area contributed by atoms with E-state index in [1.807, 2.05) is 29.9 Å². The molecule has 0 N–H and O–H groups in total. The molecule has 2 aromatic carbocycles. The molecule has 0 amide bonds. The number of rotatable bonds is 4. The number of hydrogen-bond acceptors (Lipinski definition) is 1. The minimum Gasteiger partial charge on any atom is -0.264 e. The van der Waals surface area contributed by atoms with E-state index < -0.39 is 0 Å². The van der Waals surface area contributed by atoms with Gasteiger partial charge in [-0.1, -0.05) is 43.9 Å². The van der Waals surface area contributed by atoms with Gasteiger partial charge in [-0.25, -0.2) is 4.57 Å². The van der Waals surface area contributed by atoms with Crippen molar-refractivity contribution >= 4 is 10.8 Å². The van der Waals surface area contributed by atoms with Crippen LogP contribution >= 0.6 is 0 Å². The van der Waals surface area contributed by atoms with Crippen LogP contribution in [0.25, 0.3) is 33.2 Å². The molecular weight excluding hydrogens is 412 g/mol. The molecule has 4 aromatic rings. The van der Waals surface area contributed by atoms with Gasteiger partial charge in [0.25, 0.3) is 0 Å². The van der Waals surface area contributed by atoms with Crippen LogP contribution in [0.5, 0.6) is 0 Å². The molecule has 34 heavy (non-hydrogen) atoms. The SMILES string of the molecule is [2H]c1c([2H])[n+](C)c(-c2cc(C3CCCC3)cc(C3CCCC3)c2C)c2ccc(-c3cccnc3)cc12. The van der Waals surface area contributed by atoms with E-state index in [0.717, 1.165) is 27.6 Å². The molecule has 6 rings (SSSR count). The van der Waals surface area contributed by atoms with Crippen LogP contribution in [0, 0.1) is 6.92 Å². The largest absolute Gasteiger partial charge is 0.264 e. The van der Waals surface area contributed by atoms with Crippen LogP contribution in [0.3, 0.4) is 0 Å². The third-order valence-corrected chi connectivity index (χ3v) is 8.31. The molecule has 2 aliphatic carbocycles. The minimum atomic E-state index is 0.258. The van der Waals surface area contributed by atoms with Crippen molar-refractivity contribution in [3.63, 3.8) is 0 Å². The fourth-order valence-corrected chi connectivity index (χ4v) is 6.44. The lowest BCUT2D eigenvalue weighted by Gasteiger charge is -2.21. The van der Waals surface area contributed by atoms with Gasteiger partial charge in [0.1, 0.15) is 8.42 Å². The number of aromatic nitrogens is 2. The van der Waals surface area contributed by atoms with Crippen molar-refractivity contribution in [3.05, 3.63) is 83.8 Å². The zero-order valence-electron chi connectivity index (χ0n) is 22.4. The van der Waals surface area contributed by atoms with Gasteiger partial charge < -0.3 is 0 Å². The molecule has 172 valence electrons. The molecule has 2 saturated carbocycles. The summed E-state index contributed by atoms with van der Waals surface area (Å²) in [4.78, 5) is 4.28. The Labute approximate surface area is 206 Å². The van der Waals surface area contributed by atoms with Crippen LogP contribution in [0.15, 0.2) is 67.1 Å². The van der Waals surface area contributed by atoms with Gasteiger partial charge in [-0.2, -0.15) is 0 Å². The Morgan fingerprint density at radius 1 is 0.912 bits per heavy atom. The summed E-state index contributed by atoms with van der Waals surface area (Å²) in [6, 6.07) is 15.6. The molecule has 0 bridgehead atoms. The second-order valence-corrected chi connectivity index (χ2v) is 10.4. The first-order valence-electron chi connectivity index (χ1n) is 14.0. The molecular formula is C32H35N2+. The Morgan fingerprint density at radius 2 is 1.68 bits per heavy atom. The number of nitrogens with zero attached hydrogens (tertiary/aromatic N) is 2. The van der Waals surface area contributed by atoms with E-state index >= 15 is 0 Å². The van der Waals surface area contributed by atoms with Crippen molar-refractivity contribution in [1.82, 2.24) is 4.98 Å². The van der Waals surface area contributed by atoms with Gasteiger partial charge in [0, 0.05) is 24.0 Å². The fraction of sp³-hybridized carbons (Fsp3) is 0.375. The van der Waals surface area contributed by atoms with Crippen molar-refractivity contribution in [3.8, 4) is 22.4 Å². The Hall–Kier alpha value is -3.00. The van der Waals surface area contributed by atoms with Crippen molar-refractivity contribution in [2.75, 3.05) is 0 Å². The summed E-state index contributed by atoms with van der Waals surface area (Å²) < 4.78 is 19.6. The lowest BCUT2D eigenvalue weighted by molar-refractivity contribution is -0.659. The van der Waals surface area contributed by atoms with Crippen LogP contribution in [-0.4, -0.2) is 4.98 Å². The molecule has 0 saturated heterocycles. The first-order valence-corrected chi connectivity index (χ1v) is 13.0. The zero-order valence-corrected chi connectivity index (χ0v) is 20.4. The normalized spacial score (nSPS) is 17.9. The summed E-state index contributed by atoms with van der Waals surface area (Å²) in [6.45, 7) is 2.29. The van der Waals surface area contributed by atoms with E-state index in [2.05, 4.69) is 42.2 Å². The van der Waals surface area contributed by atoms with Gasteiger partial charge in [0.15, 0.2) is 6.17 Å². The molecule has 2 aromatic heterocycles. The molecule has 0 spiro atoms. The number of hydrogen-bond donors (Lipinski definition) is 0. The number of benzene rings is 2. The van der Waals surface area contributed by atoms with E-state index in [4.69, 9.17) is 2.74 Å². The standard InChI is InChI=1S/C32H35N2/c1-22-30(24-10-5-6-11-24)19-28(23-8-3-4-9-23)20-31(22)32-29-14-13-25(27-12-7-16-33-21-27)18-26(29)15-17-34(32)2/h7,12-21,23-24H,3-6,8-11H2,1-2H3/q+1/i15D,17D. The van der Waals surface area contributed by atoms with Crippen molar-refractivity contribution in [2.45, 2.75) is 70.1 Å². The van der Waals surface area contributed by atoms with Crippen LogP contribution in [0.4, 0.5) is 0 Å². The summed E-state index contributed by atoms with van der Waals surface area (Å²) in [5, 5.41) is 1.89. The predicted molar refractivity (Wildman–Crippen MR) is 141 cm³/mol. The van der Waals surface area contributed by atoms with Crippen molar-refractivity contribution in [1.29, 1.82) is 0 Å². The molecule has 2 aliphatic rings. The van der Waals surface area contributed by atoms with Crippen molar-refractivity contribution < 1.29 is 7.31 Å². The Bertz CT molecular complexity index is 1430. The average Bonchev–Trinajstić information content (AvgIpc) is 3.64. The van der Waals surface area contributed by atoms with E-state index in [1.165, 1.54) is 73.6 Å². The van der Waals surface area contributed by atoms with Gasteiger partial charge in [-0.3, -0.25) is 4.98 Å². The third-order valence-electron chi connectivity index (χ3n) is 8.31. The van der Waals surface area contributed by atoms with Crippen LogP contribution in [0.2, 0.25) is 0 Å². The monoisotopic (exact) mass is 449 g/mol. The molecule has 2 nitrogen and oxygen atoms in total.